The first-order valence-corrected chi connectivity index (χ1v) is 12.7. The Morgan fingerprint density at radius 1 is 0.833 bits per heavy atom. The lowest BCUT2D eigenvalue weighted by Crippen LogP contribution is -2.31. The predicted octanol–water partition coefficient (Wildman–Crippen LogP) is 7.21. The molecule has 1 atom stereocenters. The molecule has 0 fully saturated rings. The van der Waals surface area contributed by atoms with Crippen molar-refractivity contribution in [3.05, 3.63) is 47.0 Å². The van der Waals surface area contributed by atoms with Crippen LogP contribution in [-0.2, 0) is 12.8 Å². The number of benzene rings is 2. The molecule has 0 heterocycles. The number of aliphatic hydroxyl groups excluding tert-OH is 1. The minimum Gasteiger partial charge on any atom is -0.387 e. The number of fused-ring (bicyclic) bond motifs is 3. The zero-order chi connectivity index (χ0) is 21.2. The Hall–Kier alpha value is -1.38. The molecule has 0 aliphatic heterocycles. The number of hydrogen-bond donors (Lipinski definition) is 1. The standard InChI is InChI=1S/C28H43NO/c1-3-5-7-13-19-29(20-14-8-6-4-2)22-28(30)27-21-23-15-9-10-16-24(23)25-17-11-12-18-26(25)27/h11-12,17-18,21,28,30H,3-10,13-16,19-20,22H2,1-2H3/t28-/m0/s1. The molecule has 2 aromatic rings. The van der Waals surface area contributed by atoms with Crippen LogP contribution in [0.4, 0.5) is 0 Å². The summed E-state index contributed by atoms with van der Waals surface area (Å²) < 4.78 is 0. The molecule has 0 bridgehead atoms. The summed E-state index contributed by atoms with van der Waals surface area (Å²) in [5, 5.41) is 14.0. The Morgan fingerprint density at radius 3 is 2.13 bits per heavy atom. The van der Waals surface area contributed by atoms with Crippen LogP contribution < -0.4 is 0 Å². The van der Waals surface area contributed by atoms with Gasteiger partial charge in [-0.05, 0) is 79.1 Å². The summed E-state index contributed by atoms with van der Waals surface area (Å²) in [6.45, 7) is 7.54. The van der Waals surface area contributed by atoms with Crippen LogP contribution >= 0.6 is 0 Å². The number of unbranched alkanes of at least 4 members (excludes halogenated alkanes) is 6. The van der Waals surface area contributed by atoms with Crippen molar-refractivity contribution >= 4 is 10.8 Å². The molecule has 0 spiro atoms. The van der Waals surface area contributed by atoms with Gasteiger partial charge in [0.2, 0.25) is 0 Å². The lowest BCUT2D eigenvalue weighted by molar-refractivity contribution is 0.111. The fourth-order valence-electron chi connectivity index (χ4n) is 5.10. The van der Waals surface area contributed by atoms with E-state index in [1.807, 2.05) is 0 Å². The maximum Gasteiger partial charge on any atom is 0.0923 e. The van der Waals surface area contributed by atoms with Gasteiger partial charge < -0.3 is 10.0 Å². The largest absolute Gasteiger partial charge is 0.387 e. The van der Waals surface area contributed by atoms with E-state index in [1.165, 1.54) is 92.5 Å². The SMILES string of the molecule is CCCCCCN(CCCCCC)C[C@H](O)c1cc2c(c3ccccc13)CCCC2. The van der Waals surface area contributed by atoms with Crippen molar-refractivity contribution in [2.45, 2.75) is 97.0 Å². The Kier molecular flexibility index (Phi) is 9.68. The summed E-state index contributed by atoms with van der Waals surface area (Å²) in [6, 6.07) is 11.1. The molecular weight excluding hydrogens is 366 g/mol. The second-order valence-electron chi connectivity index (χ2n) is 9.29. The highest BCUT2D eigenvalue weighted by molar-refractivity contribution is 5.90. The second kappa shape index (κ2) is 12.5. The molecule has 0 amide bonds. The quantitative estimate of drug-likeness (QED) is 0.353. The van der Waals surface area contributed by atoms with Crippen molar-refractivity contribution in [2.24, 2.45) is 0 Å². The maximum atomic E-state index is 11.4. The van der Waals surface area contributed by atoms with Gasteiger partial charge in [-0.2, -0.15) is 0 Å². The molecule has 1 aliphatic carbocycles. The summed E-state index contributed by atoms with van der Waals surface area (Å²) in [4.78, 5) is 2.53. The average molecular weight is 410 g/mol. The van der Waals surface area contributed by atoms with Crippen LogP contribution in [0.2, 0.25) is 0 Å². The normalized spacial score (nSPS) is 14.9. The fourth-order valence-corrected chi connectivity index (χ4v) is 5.10. The van der Waals surface area contributed by atoms with E-state index in [0.29, 0.717) is 0 Å². The van der Waals surface area contributed by atoms with Crippen LogP contribution in [0, 0.1) is 0 Å². The Bertz CT molecular complexity index is 757. The highest BCUT2D eigenvalue weighted by Crippen LogP contribution is 2.34. The van der Waals surface area contributed by atoms with Crippen molar-refractivity contribution in [3.63, 3.8) is 0 Å². The monoisotopic (exact) mass is 409 g/mol. The minimum atomic E-state index is -0.403. The third kappa shape index (κ3) is 6.31. The summed E-state index contributed by atoms with van der Waals surface area (Å²) in [7, 11) is 0. The van der Waals surface area contributed by atoms with Gasteiger partial charge in [0.05, 0.1) is 6.10 Å². The average Bonchev–Trinajstić information content (AvgIpc) is 2.78. The van der Waals surface area contributed by atoms with Gasteiger partial charge in [0.15, 0.2) is 0 Å². The molecule has 3 rings (SSSR count). The highest BCUT2D eigenvalue weighted by Gasteiger charge is 2.20. The van der Waals surface area contributed by atoms with Crippen LogP contribution in [-0.4, -0.2) is 29.6 Å². The van der Waals surface area contributed by atoms with Crippen LogP contribution in [0.15, 0.2) is 30.3 Å². The molecule has 1 N–H and O–H groups in total. The van der Waals surface area contributed by atoms with Crippen molar-refractivity contribution in [1.29, 1.82) is 0 Å². The summed E-state index contributed by atoms with van der Waals surface area (Å²) >= 11 is 0. The first-order valence-electron chi connectivity index (χ1n) is 12.7. The van der Waals surface area contributed by atoms with Crippen molar-refractivity contribution in [2.75, 3.05) is 19.6 Å². The summed E-state index contributed by atoms with van der Waals surface area (Å²) in [6.07, 6.45) is 14.8. The number of aryl methyl sites for hydroxylation is 2. The van der Waals surface area contributed by atoms with E-state index in [2.05, 4.69) is 49.1 Å². The highest BCUT2D eigenvalue weighted by atomic mass is 16.3. The van der Waals surface area contributed by atoms with E-state index >= 15 is 0 Å². The zero-order valence-electron chi connectivity index (χ0n) is 19.5. The second-order valence-corrected chi connectivity index (χ2v) is 9.29. The third-order valence-electron chi connectivity index (χ3n) is 6.85. The molecule has 0 saturated heterocycles. The molecule has 1 aliphatic rings. The van der Waals surface area contributed by atoms with Gasteiger partial charge in [-0.3, -0.25) is 0 Å². The van der Waals surface area contributed by atoms with Crippen LogP contribution in [0.1, 0.15) is 101 Å². The maximum absolute atomic E-state index is 11.4. The van der Waals surface area contributed by atoms with E-state index < -0.39 is 6.10 Å². The van der Waals surface area contributed by atoms with E-state index in [4.69, 9.17) is 0 Å². The molecule has 2 aromatic carbocycles. The van der Waals surface area contributed by atoms with E-state index in [-0.39, 0.29) is 0 Å². The van der Waals surface area contributed by atoms with Crippen LogP contribution in [0.3, 0.4) is 0 Å². The van der Waals surface area contributed by atoms with Gasteiger partial charge in [-0.25, -0.2) is 0 Å². The topological polar surface area (TPSA) is 23.5 Å². The van der Waals surface area contributed by atoms with Crippen molar-refractivity contribution < 1.29 is 5.11 Å². The molecule has 0 unspecified atom stereocenters. The van der Waals surface area contributed by atoms with Gasteiger partial charge in [-0.15, -0.1) is 0 Å². The molecule has 166 valence electrons. The molecule has 30 heavy (non-hydrogen) atoms. The number of rotatable bonds is 13. The summed E-state index contributed by atoms with van der Waals surface area (Å²) in [5.41, 5.74) is 4.16. The molecule has 2 heteroatoms. The predicted molar refractivity (Wildman–Crippen MR) is 130 cm³/mol. The van der Waals surface area contributed by atoms with Gasteiger partial charge in [0.25, 0.3) is 0 Å². The molecular formula is C28H43NO. The minimum absolute atomic E-state index is 0.403. The number of hydrogen-bond acceptors (Lipinski definition) is 2. The van der Waals surface area contributed by atoms with E-state index in [9.17, 15) is 5.11 Å². The van der Waals surface area contributed by atoms with Gasteiger partial charge in [0.1, 0.15) is 0 Å². The lowest BCUT2D eigenvalue weighted by Gasteiger charge is -2.27. The van der Waals surface area contributed by atoms with E-state index in [0.717, 1.165) is 31.6 Å². The molecule has 0 radical (unpaired) electrons. The molecule has 0 saturated carbocycles. The smallest absolute Gasteiger partial charge is 0.0923 e. The third-order valence-corrected chi connectivity index (χ3v) is 6.85. The summed E-state index contributed by atoms with van der Waals surface area (Å²) in [5.74, 6) is 0. The van der Waals surface area contributed by atoms with Crippen molar-refractivity contribution in [3.8, 4) is 0 Å². The van der Waals surface area contributed by atoms with Gasteiger partial charge in [0, 0.05) is 6.54 Å². The van der Waals surface area contributed by atoms with Gasteiger partial charge >= 0.3 is 0 Å². The molecule has 2 nitrogen and oxygen atoms in total. The van der Waals surface area contributed by atoms with Crippen LogP contribution in [0.25, 0.3) is 10.8 Å². The van der Waals surface area contributed by atoms with E-state index in [1.54, 1.807) is 0 Å². The fraction of sp³-hybridized carbons (Fsp3) is 0.643. The number of nitrogens with zero attached hydrogens (tertiary/aromatic N) is 1. The lowest BCUT2D eigenvalue weighted by atomic mass is 9.84. The Balaban J connectivity index is 1.75. The van der Waals surface area contributed by atoms with Crippen LogP contribution in [0.5, 0.6) is 0 Å². The Labute approximate surface area is 184 Å². The van der Waals surface area contributed by atoms with Crippen molar-refractivity contribution in [1.82, 2.24) is 4.90 Å². The number of aliphatic hydroxyl groups is 1. The first kappa shape index (κ1) is 23.3. The molecule has 0 aromatic heterocycles. The van der Waals surface area contributed by atoms with Gasteiger partial charge in [-0.1, -0.05) is 82.7 Å². The first-order chi connectivity index (χ1) is 14.7. The zero-order valence-corrected chi connectivity index (χ0v) is 19.5. The Morgan fingerprint density at radius 2 is 1.47 bits per heavy atom.